The normalized spacial score (nSPS) is 24.8. The van der Waals surface area contributed by atoms with Crippen molar-refractivity contribution in [2.45, 2.75) is 32.6 Å². The third-order valence-electron chi connectivity index (χ3n) is 4.56. The van der Waals surface area contributed by atoms with E-state index in [1.54, 1.807) is 13.4 Å². The number of aromatic nitrogens is 2. The van der Waals surface area contributed by atoms with Crippen molar-refractivity contribution in [3.05, 3.63) is 6.33 Å². The molecule has 0 radical (unpaired) electrons. The largest absolute Gasteiger partial charge is 0.490 e. The summed E-state index contributed by atoms with van der Waals surface area (Å²) in [5.74, 6) is 4.26. The Kier molecular flexibility index (Phi) is 3.94. The first-order chi connectivity index (χ1) is 9.83. The van der Waals surface area contributed by atoms with Gasteiger partial charge in [-0.25, -0.2) is 9.97 Å². The van der Waals surface area contributed by atoms with Crippen LogP contribution in [0.15, 0.2) is 6.33 Å². The first-order valence-electron chi connectivity index (χ1n) is 7.71. The monoisotopic (exact) mass is 276 g/mol. The van der Waals surface area contributed by atoms with Crippen molar-refractivity contribution in [3.8, 4) is 5.75 Å². The molecule has 0 amide bonds. The van der Waals surface area contributed by atoms with Gasteiger partial charge >= 0.3 is 0 Å². The lowest BCUT2D eigenvalue weighted by atomic mass is 10.0. The molecule has 0 spiro atoms. The molecule has 0 aromatic carbocycles. The second kappa shape index (κ2) is 5.85. The van der Waals surface area contributed by atoms with Crippen LogP contribution in [0.4, 0.5) is 11.6 Å². The van der Waals surface area contributed by atoms with E-state index in [-0.39, 0.29) is 0 Å². The zero-order chi connectivity index (χ0) is 13.9. The number of hydrogen-bond acceptors (Lipinski definition) is 5. The molecule has 110 valence electrons. The Labute approximate surface area is 120 Å². The summed E-state index contributed by atoms with van der Waals surface area (Å²) in [4.78, 5) is 11.2. The van der Waals surface area contributed by atoms with Gasteiger partial charge in [0.25, 0.3) is 0 Å². The maximum atomic E-state index is 5.58. The molecule has 2 fully saturated rings. The van der Waals surface area contributed by atoms with Gasteiger partial charge in [0.05, 0.1) is 7.11 Å². The molecule has 2 unspecified atom stereocenters. The standard InChI is InChI=1S/C15H24N4O/c1-3-7-16-14-13(20-2)15(18-10-17-14)19-8-11-5-4-6-12(11)9-19/h10-12H,3-9H2,1-2H3,(H,16,17,18). The summed E-state index contributed by atoms with van der Waals surface area (Å²) in [6, 6.07) is 0. The van der Waals surface area contributed by atoms with Crippen LogP contribution in [-0.4, -0.2) is 36.7 Å². The predicted molar refractivity (Wildman–Crippen MR) is 80.4 cm³/mol. The summed E-state index contributed by atoms with van der Waals surface area (Å²) in [6.45, 7) is 5.28. The SMILES string of the molecule is CCCNc1ncnc(N2CC3CCCC3C2)c1OC. The molecule has 2 aliphatic rings. The van der Waals surface area contributed by atoms with E-state index in [1.165, 1.54) is 19.3 Å². The van der Waals surface area contributed by atoms with Crippen LogP contribution in [0.3, 0.4) is 0 Å². The van der Waals surface area contributed by atoms with Gasteiger partial charge in [-0.05, 0) is 31.1 Å². The first-order valence-corrected chi connectivity index (χ1v) is 7.71. The minimum Gasteiger partial charge on any atom is -0.490 e. The first kappa shape index (κ1) is 13.5. The number of nitrogens with one attached hydrogen (secondary N) is 1. The summed E-state index contributed by atoms with van der Waals surface area (Å²) in [5, 5.41) is 3.33. The molecule has 0 bridgehead atoms. The van der Waals surface area contributed by atoms with Crippen LogP contribution in [0.1, 0.15) is 32.6 Å². The van der Waals surface area contributed by atoms with Crippen LogP contribution < -0.4 is 15.0 Å². The van der Waals surface area contributed by atoms with Gasteiger partial charge in [0.2, 0.25) is 5.75 Å². The Hall–Kier alpha value is -1.52. The molecule has 5 heteroatoms. The third-order valence-corrected chi connectivity index (χ3v) is 4.56. The molecule has 3 rings (SSSR count). The second-order valence-corrected chi connectivity index (χ2v) is 5.86. The zero-order valence-electron chi connectivity index (χ0n) is 12.4. The van der Waals surface area contributed by atoms with E-state index in [4.69, 9.17) is 4.74 Å². The molecule has 1 saturated carbocycles. The maximum absolute atomic E-state index is 5.58. The van der Waals surface area contributed by atoms with Crippen molar-refractivity contribution in [1.82, 2.24) is 9.97 Å². The summed E-state index contributed by atoms with van der Waals surface area (Å²) in [5.41, 5.74) is 0. The minimum atomic E-state index is 0.793. The van der Waals surface area contributed by atoms with E-state index in [0.29, 0.717) is 0 Å². The molecular formula is C15H24N4O. The molecule has 1 aromatic heterocycles. The Morgan fingerprint density at radius 2 is 2.05 bits per heavy atom. The molecule has 5 nitrogen and oxygen atoms in total. The number of methoxy groups -OCH3 is 1. The molecule has 1 aliphatic heterocycles. The summed E-state index contributed by atoms with van der Waals surface area (Å²) in [7, 11) is 1.70. The van der Waals surface area contributed by atoms with Crippen LogP contribution in [0.5, 0.6) is 5.75 Å². The fourth-order valence-corrected chi connectivity index (χ4v) is 3.55. The number of rotatable bonds is 5. The summed E-state index contributed by atoms with van der Waals surface area (Å²) >= 11 is 0. The fourth-order valence-electron chi connectivity index (χ4n) is 3.55. The van der Waals surface area contributed by atoms with E-state index in [9.17, 15) is 0 Å². The lowest BCUT2D eigenvalue weighted by Crippen LogP contribution is -2.23. The van der Waals surface area contributed by atoms with E-state index in [0.717, 1.165) is 55.3 Å². The molecular weight excluding hydrogens is 252 g/mol. The van der Waals surface area contributed by atoms with Crippen LogP contribution in [-0.2, 0) is 0 Å². The number of hydrogen-bond donors (Lipinski definition) is 1. The van der Waals surface area contributed by atoms with Gasteiger partial charge in [-0.15, -0.1) is 0 Å². The van der Waals surface area contributed by atoms with Gasteiger partial charge in [-0.2, -0.15) is 0 Å². The van der Waals surface area contributed by atoms with E-state index in [2.05, 4.69) is 27.1 Å². The number of anilines is 2. The van der Waals surface area contributed by atoms with Crippen LogP contribution >= 0.6 is 0 Å². The number of nitrogens with zero attached hydrogens (tertiary/aromatic N) is 3. The van der Waals surface area contributed by atoms with Crippen molar-refractivity contribution in [2.75, 3.05) is 37.0 Å². The highest BCUT2D eigenvalue weighted by Crippen LogP contribution is 2.42. The van der Waals surface area contributed by atoms with Gasteiger partial charge < -0.3 is 15.0 Å². The zero-order valence-corrected chi connectivity index (χ0v) is 12.4. The van der Waals surface area contributed by atoms with Crippen LogP contribution in [0, 0.1) is 11.8 Å². The van der Waals surface area contributed by atoms with Gasteiger partial charge in [0.1, 0.15) is 6.33 Å². The fraction of sp³-hybridized carbons (Fsp3) is 0.733. The molecule has 1 N–H and O–H groups in total. The van der Waals surface area contributed by atoms with Crippen molar-refractivity contribution >= 4 is 11.6 Å². The Balaban J connectivity index is 1.82. The van der Waals surface area contributed by atoms with E-state index < -0.39 is 0 Å². The van der Waals surface area contributed by atoms with E-state index >= 15 is 0 Å². The lowest BCUT2D eigenvalue weighted by molar-refractivity contribution is 0.412. The maximum Gasteiger partial charge on any atom is 0.204 e. The van der Waals surface area contributed by atoms with Gasteiger partial charge in [0, 0.05) is 19.6 Å². The van der Waals surface area contributed by atoms with Crippen molar-refractivity contribution in [2.24, 2.45) is 11.8 Å². The molecule has 1 aliphatic carbocycles. The number of fused-ring (bicyclic) bond motifs is 1. The molecule has 20 heavy (non-hydrogen) atoms. The van der Waals surface area contributed by atoms with Crippen molar-refractivity contribution in [3.63, 3.8) is 0 Å². The minimum absolute atomic E-state index is 0.793. The highest BCUT2D eigenvalue weighted by Gasteiger charge is 2.37. The predicted octanol–water partition coefficient (Wildman–Crippen LogP) is 2.54. The molecule has 1 aromatic rings. The van der Waals surface area contributed by atoms with E-state index in [1.807, 2.05) is 0 Å². The molecule has 2 atom stereocenters. The van der Waals surface area contributed by atoms with Gasteiger partial charge in [0.15, 0.2) is 11.6 Å². The highest BCUT2D eigenvalue weighted by molar-refractivity contribution is 5.65. The Morgan fingerprint density at radius 3 is 2.70 bits per heavy atom. The smallest absolute Gasteiger partial charge is 0.204 e. The second-order valence-electron chi connectivity index (χ2n) is 5.86. The number of ether oxygens (including phenoxy) is 1. The summed E-state index contributed by atoms with van der Waals surface area (Å²) < 4.78 is 5.58. The lowest BCUT2D eigenvalue weighted by Gasteiger charge is -2.22. The Bertz CT molecular complexity index is 453. The van der Waals surface area contributed by atoms with Gasteiger partial charge in [-0.1, -0.05) is 13.3 Å². The van der Waals surface area contributed by atoms with Crippen LogP contribution in [0.2, 0.25) is 0 Å². The third kappa shape index (κ3) is 2.41. The highest BCUT2D eigenvalue weighted by atomic mass is 16.5. The Morgan fingerprint density at radius 1 is 1.30 bits per heavy atom. The molecule has 2 heterocycles. The van der Waals surface area contributed by atoms with Crippen molar-refractivity contribution in [1.29, 1.82) is 0 Å². The van der Waals surface area contributed by atoms with Gasteiger partial charge in [-0.3, -0.25) is 0 Å². The molecule has 1 saturated heterocycles. The summed E-state index contributed by atoms with van der Waals surface area (Å²) in [6.07, 6.45) is 6.85. The average molecular weight is 276 g/mol. The van der Waals surface area contributed by atoms with Crippen molar-refractivity contribution < 1.29 is 4.74 Å². The van der Waals surface area contributed by atoms with Crippen LogP contribution in [0.25, 0.3) is 0 Å². The average Bonchev–Trinajstić information content (AvgIpc) is 3.05. The quantitative estimate of drug-likeness (QED) is 0.895. The topological polar surface area (TPSA) is 50.3 Å².